The quantitative estimate of drug-likeness (QED) is 0.492. The fourth-order valence-corrected chi connectivity index (χ4v) is 3.22. The first-order chi connectivity index (χ1) is 14.1. The third kappa shape index (κ3) is 5.74. The molecule has 0 radical (unpaired) electrons. The zero-order chi connectivity index (χ0) is 20.6. The molecule has 6 heteroatoms. The van der Waals surface area contributed by atoms with Gasteiger partial charge in [-0.2, -0.15) is 0 Å². The molecule has 2 unspecified atom stereocenters. The molecule has 3 rings (SSSR count). The Hall–Kier alpha value is -2.51. The fraction of sp³-hybridized carbons (Fsp3) is 0.348. The van der Waals surface area contributed by atoms with E-state index in [1.807, 2.05) is 56.3 Å². The van der Waals surface area contributed by atoms with Gasteiger partial charge in [-0.25, -0.2) is 4.98 Å². The predicted octanol–water partition coefficient (Wildman–Crippen LogP) is 2.69. The summed E-state index contributed by atoms with van der Waals surface area (Å²) in [5, 5.41) is 23.2. The average Bonchev–Trinajstić information content (AvgIpc) is 3.09. The Morgan fingerprint density at radius 1 is 1.03 bits per heavy atom. The summed E-state index contributed by atoms with van der Waals surface area (Å²) in [7, 11) is 0. The van der Waals surface area contributed by atoms with Gasteiger partial charge in [0.1, 0.15) is 5.82 Å². The second kappa shape index (κ2) is 10.3. The standard InChI is InChI=1S/C23H29N3O3/c1-17-8-9-18(2)26(17)23-11-10-20(12-25-23)22(28)13-24-21(14-27)16-29-15-19-6-4-3-5-7-19/h3-12,21-22,24,27-28H,13-16H2,1-2H3. The van der Waals surface area contributed by atoms with Crippen molar-refractivity contribution in [3.8, 4) is 5.82 Å². The predicted molar refractivity (Wildman–Crippen MR) is 113 cm³/mol. The number of hydrogen-bond acceptors (Lipinski definition) is 5. The lowest BCUT2D eigenvalue weighted by Crippen LogP contribution is -2.39. The van der Waals surface area contributed by atoms with Crippen molar-refractivity contribution in [2.24, 2.45) is 0 Å². The molecule has 2 aromatic heterocycles. The van der Waals surface area contributed by atoms with E-state index >= 15 is 0 Å². The van der Waals surface area contributed by atoms with Crippen molar-refractivity contribution in [3.63, 3.8) is 0 Å². The Bertz CT molecular complexity index is 859. The van der Waals surface area contributed by atoms with Crippen LogP contribution in [-0.2, 0) is 11.3 Å². The van der Waals surface area contributed by atoms with Gasteiger partial charge in [-0.05, 0) is 37.6 Å². The van der Waals surface area contributed by atoms with E-state index in [0.717, 1.165) is 28.3 Å². The Kier molecular flexibility index (Phi) is 7.55. The summed E-state index contributed by atoms with van der Waals surface area (Å²) < 4.78 is 7.74. The zero-order valence-corrected chi connectivity index (χ0v) is 17.0. The number of rotatable bonds is 10. The van der Waals surface area contributed by atoms with E-state index < -0.39 is 6.10 Å². The van der Waals surface area contributed by atoms with Gasteiger partial charge in [0.15, 0.2) is 0 Å². The number of aryl methyl sites for hydroxylation is 2. The van der Waals surface area contributed by atoms with Gasteiger partial charge < -0.3 is 24.8 Å². The number of aliphatic hydroxyl groups excluding tert-OH is 2. The number of hydrogen-bond donors (Lipinski definition) is 3. The molecule has 0 saturated heterocycles. The van der Waals surface area contributed by atoms with Crippen LogP contribution in [0.4, 0.5) is 0 Å². The van der Waals surface area contributed by atoms with E-state index in [0.29, 0.717) is 19.8 Å². The Morgan fingerprint density at radius 3 is 2.38 bits per heavy atom. The van der Waals surface area contributed by atoms with Crippen molar-refractivity contribution in [1.29, 1.82) is 0 Å². The largest absolute Gasteiger partial charge is 0.395 e. The summed E-state index contributed by atoms with van der Waals surface area (Å²) in [5.41, 5.74) is 4.05. The Labute approximate surface area is 171 Å². The number of pyridine rings is 1. The van der Waals surface area contributed by atoms with E-state index in [2.05, 4.69) is 27.0 Å². The highest BCUT2D eigenvalue weighted by molar-refractivity contribution is 5.33. The molecule has 6 nitrogen and oxygen atoms in total. The van der Waals surface area contributed by atoms with Crippen molar-refractivity contribution in [3.05, 3.63) is 83.3 Å². The van der Waals surface area contributed by atoms with Gasteiger partial charge in [0.05, 0.1) is 32.0 Å². The van der Waals surface area contributed by atoms with Gasteiger partial charge in [0.2, 0.25) is 0 Å². The van der Waals surface area contributed by atoms with Crippen molar-refractivity contribution in [1.82, 2.24) is 14.9 Å². The summed E-state index contributed by atoms with van der Waals surface area (Å²) in [6, 6.07) is 17.5. The molecule has 2 heterocycles. The summed E-state index contributed by atoms with van der Waals surface area (Å²) in [6.07, 6.45) is 0.979. The second-order valence-corrected chi connectivity index (χ2v) is 7.21. The van der Waals surface area contributed by atoms with E-state index in [4.69, 9.17) is 4.74 Å². The number of nitrogens with zero attached hydrogens (tertiary/aromatic N) is 2. The SMILES string of the molecule is Cc1ccc(C)n1-c1ccc(C(O)CNC(CO)COCc2ccccc2)cn1. The maximum Gasteiger partial charge on any atom is 0.136 e. The fourth-order valence-electron chi connectivity index (χ4n) is 3.22. The second-order valence-electron chi connectivity index (χ2n) is 7.21. The lowest BCUT2D eigenvalue weighted by molar-refractivity contribution is 0.0711. The molecule has 0 aliphatic heterocycles. The molecule has 154 valence electrons. The minimum absolute atomic E-state index is 0.0646. The number of ether oxygens (including phenoxy) is 1. The topological polar surface area (TPSA) is 79.5 Å². The molecular weight excluding hydrogens is 366 g/mol. The van der Waals surface area contributed by atoms with Crippen LogP contribution in [0.5, 0.6) is 0 Å². The summed E-state index contributed by atoms with van der Waals surface area (Å²) in [6.45, 7) is 5.17. The van der Waals surface area contributed by atoms with Crippen LogP contribution in [0.2, 0.25) is 0 Å². The lowest BCUT2D eigenvalue weighted by atomic mass is 10.1. The van der Waals surface area contributed by atoms with Crippen molar-refractivity contribution in [2.75, 3.05) is 19.8 Å². The van der Waals surface area contributed by atoms with Crippen LogP contribution < -0.4 is 5.32 Å². The van der Waals surface area contributed by atoms with Crippen LogP contribution in [0.1, 0.15) is 28.6 Å². The normalized spacial score (nSPS) is 13.4. The molecule has 0 amide bonds. The third-order valence-electron chi connectivity index (χ3n) is 4.91. The van der Waals surface area contributed by atoms with Crippen LogP contribution in [0, 0.1) is 13.8 Å². The molecule has 1 aromatic carbocycles. The Morgan fingerprint density at radius 2 is 1.76 bits per heavy atom. The number of nitrogens with one attached hydrogen (secondary N) is 1. The summed E-state index contributed by atoms with van der Waals surface area (Å²) in [5.74, 6) is 0.830. The van der Waals surface area contributed by atoms with Crippen LogP contribution >= 0.6 is 0 Å². The molecule has 3 N–H and O–H groups in total. The van der Waals surface area contributed by atoms with E-state index in [-0.39, 0.29) is 12.6 Å². The van der Waals surface area contributed by atoms with Gasteiger partial charge >= 0.3 is 0 Å². The van der Waals surface area contributed by atoms with Crippen LogP contribution in [0.25, 0.3) is 5.82 Å². The van der Waals surface area contributed by atoms with Gasteiger partial charge in [-0.15, -0.1) is 0 Å². The average molecular weight is 396 g/mol. The molecule has 3 aromatic rings. The summed E-state index contributed by atoms with van der Waals surface area (Å²) in [4.78, 5) is 4.50. The van der Waals surface area contributed by atoms with Crippen molar-refractivity contribution >= 4 is 0 Å². The van der Waals surface area contributed by atoms with Crippen LogP contribution in [0.3, 0.4) is 0 Å². The molecule has 0 fully saturated rings. The van der Waals surface area contributed by atoms with E-state index in [1.165, 1.54) is 0 Å². The molecule has 0 bridgehead atoms. The highest BCUT2D eigenvalue weighted by Crippen LogP contribution is 2.17. The van der Waals surface area contributed by atoms with Crippen molar-refractivity contribution < 1.29 is 14.9 Å². The highest BCUT2D eigenvalue weighted by atomic mass is 16.5. The monoisotopic (exact) mass is 395 g/mol. The van der Waals surface area contributed by atoms with E-state index in [1.54, 1.807) is 6.20 Å². The van der Waals surface area contributed by atoms with Crippen LogP contribution in [-0.4, -0.2) is 45.6 Å². The molecule has 0 spiro atoms. The molecule has 0 aliphatic rings. The van der Waals surface area contributed by atoms with Crippen LogP contribution in [0.15, 0.2) is 60.8 Å². The highest BCUT2D eigenvalue weighted by Gasteiger charge is 2.13. The van der Waals surface area contributed by atoms with Gasteiger partial charge in [0.25, 0.3) is 0 Å². The van der Waals surface area contributed by atoms with Gasteiger partial charge in [-0.3, -0.25) is 0 Å². The third-order valence-corrected chi connectivity index (χ3v) is 4.91. The first kappa shape index (κ1) is 21.2. The Balaban J connectivity index is 1.49. The first-order valence-corrected chi connectivity index (χ1v) is 9.83. The molecule has 0 aliphatic carbocycles. The number of aromatic nitrogens is 2. The smallest absolute Gasteiger partial charge is 0.136 e. The maximum absolute atomic E-state index is 10.5. The minimum Gasteiger partial charge on any atom is -0.395 e. The van der Waals surface area contributed by atoms with E-state index in [9.17, 15) is 10.2 Å². The molecule has 29 heavy (non-hydrogen) atoms. The van der Waals surface area contributed by atoms with Crippen molar-refractivity contribution in [2.45, 2.75) is 32.6 Å². The van der Waals surface area contributed by atoms with Gasteiger partial charge in [0, 0.05) is 29.7 Å². The number of aliphatic hydroxyl groups is 2. The zero-order valence-electron chi connectivity index (χ0n) is 17.0. The maximum atomic E-state index is 10.5. The molecule has 2 atom stereocenters. The first-order valence-electron chi connectivity index (χ1n) is 9.83. The van der Waals surface area contributed by atoms with Gasteiger partial charge in [-0.1, -0.05) is 36.4 Å². The number of benzene rings is 1. The minimum atomic E-state index is -0.716. The lowest BCUT2D eigenvalue weighted by Gasteiger charge is -2.19. The molecular formula is C23H29N3O3. The summed E-state index contributed by atoms with van der Waals surface area (Å²) >= 11 is 0. The molecule has 0 saturated carbocycles.